The van der Waals surface area contributed by atoms with Gasteiger partial charge in [0.2, 0.25) is 5.91 Å². The number of hydrogen-bond donors (Lipinski definition) is 1. The summed E-state index contributed by atoms with van der Waals surface area (Å²) < 4.78 is 0.931. The Morgan fingerprint density at radius 3 is 2.80 bits per heavy atom. The van der Waals surface area contributed by atoms with Crippen LogP contribution in [-0.2, 0) is 11.2 Å². The Balaban J connectivity index is 2.05. The van der Waals surface area contributed by atoms with Gasteiger partial charge in [0.05, 0.1) is 16.6 Å². The van der Waals surface area contributed by atoms with Gasteiger partial charge in [0.15, 0.2) is 5.82 Å². The van der Waals surface area contributed by atoms with Gasteiger partial charge in [-0.3, -0.25) is 9.89 Å². The van der Waals surface area contributed by atoms with Crippen LogP contribution in [0.15, 0.2) is 22.7 Å². The molecule has 0 fully saturated rings. The number of H-pyrrole nitrogens is 1. The number of rotatable bonds is 2. The van der Waals surface area contributed by atoms with Gasteiger partial charge in [-0.05, 0) is 33.6 Å². The average Bonchev–Trinajstić information content (AvgIpc) is 2.91. The highest BCUT2D eigenvalue weighted by molar-refractivity contribution is 9.10. The number of nitrogens with zero attached hydrogens (tertiary/aromatic N) is 3. The molecule has 0 spiro atoms. The largest absolute Gasteiger partial charge is 0.360 e. The van der Waals surface area contributed by atoms with E-state index in [4.69, 9.17) is 0 Å². The van der Waals surface area contributed by atoms with Crippen LogP contribution < -0.4 is 9.80 Å². The summed E-state index contributed by atoms with van der Waals surface area (Å²) in [5.74, 6) is 0.989. The third-order valence-corrected chi connectivity index (χ3v) is 4.31. The van der Waals surface area contributed by atoms with Crippen molar-refractivity contribution in [3.63, 3.8) is 0 Å². The number of aromatic nitrogens is 2. The molecule has 0 aliphatic carbocycles. The molecule has 0 saturated carbocycles. The summed E-state index contributed by atoms with van der Waals surface area (Å²) in [6, 6.07) is 6.04. The zero-order valence-corrected chi connectivity index (χ0v) is 13.2. The number of benzene rings is 1. The van der Waals surface area contributed by atoms with Crippen LogP contribution in [0.3, 0.4) is 0 Å². The summed E-state index contributed by atoms with van der Waals surface area (Å²) in [5, 5.41) is 7.34. The van der Waals surface area contributed by atoms with E-state index in [1.165, 1.54) is 0 Å². The molecular weight excluding hydrogens is 320 g/mol. The highest BCUT2D eigenvalue weighted by Gasteiger charge is 2.24. The fourth-order valence-corrected chi connectivity index (χ4v) is 3.19. The molecule has 104 valence electrons. The molecule has 0 radical (unpaired) electrons. The maximum absolute atomic E-state index is 11.7. The minimum absolute atomic E-state index is 0.134. The predicted octanol–water partition coefficient (Wildman–Crippen LogP) is 2.42. The number of halogens is 1. The van der Waals surface area contributed by atoms with Crippen LogP contribution in [0.4, 0.5) is 11.5 Å². The van der Waals surface area contributed by atoms with E-state index in [0.29, 0.717) is 6.42 Å². The van der Waals surface area contributed by atoms with Gasteiger partial charge < -0.3 is 9.80 Å². The lowest BCUT2D eigenvalue weighted by Gasteiger charge is -2.10. The highest BCUT2D eigenvalue weighted by atomic mass is 79.9. The van der Waals surface area contributed by atoms with E-state index < -0.39 is 0 Å². The lowest BCUT2D eigenvalue weighted by molar-refractivity contribution is -0.117. The first-order chi connectivity index (χ1) is 9.49. The lowest BCUT2D eigenvalue weighted by atomic mass is 10.1. The number of fused-ring (bicyclic) bond motifs is 1. The zero-order valence-electron chi connectivity index (χ0n) is 11.6. The third-order valence-electron chi connectivity index (χ3n) is 3.56. The Kier molecular flexibility index (Phi) is 3.05. The smallest absolute Gasteiger partial charge is 0.231 e. The topological polar surface area (TPSA) is 52.2 Å². The van der Waals surface area contributed by atoms with Crippen LogP contribution in [0.2, 0.25) is 0 Å². The van der Waals surface area contributed by atoms with Crippen molar-refractivity contribution in [1.82, 2.24) is 10.2 Å². The fraction of sp³-hybridized carbons (Fsp3) is 0.286. The molecule has 1 aromatic carbocycles. The van der Waals surface area contributed by atoms with E-state index in [9.17, 15) is 4.79 Å². The fourth-order valence-electron chi connectivity index (χ4n) is 2.43. The van der Waals surface area contributed by atoms with Crippen LogP contribution in [0.1, 0.15) is 5.56 Å². The van der Waals surface area contributed by atoms with Crippen molar-refractivity contribution in [3.8, 4) is 11.3 Å². The Morgan fingerprint density at radius 2 is 2.15 bits per heavy atom. The van der Waals surface area contributed by atoms with Crippen LogP contribution in [0, 0.1) is 0 Å². The first-order valence-corrected chi connectivity index (χ1v) is 7.09. The van der Waals surface area contributed by atoms with Gasteiger partial charge in [-0.2, -0.15) is 5.10 Å². The molecule has 2 aromatic rings. The molecule has 6 heteroatoms. The van der Waals surface area contributed by atoms with E-state index >= 15 is 0 Å². The molecule has 1 N–H and O–H groups in total. The normalized spacial score (nSPS) is 13.8. The van der Waals surface area contributed by atoms with E-state index in [2.05, 4.69) is 32.2 Å². The Hall–Kier alpha value is -1.82. The zero-order chi connectivity index (χ0) is 14.4. The molecular formula is C14H15BrN4O. The van der Waals surface area contributed by atoms with Crippen LogP contribution in [0.25, 0.3) is 11.3 Å². The summed E-state index contributed by atoms with van der Waals surface area (Å²) in [4.78, 5) is 15.4. The highest BCUT2D eigenvalue weighted by Crippen LogP contribution is 2.36. The summed E-state index contributed by atoms with van der Waals surface area (Å²) in [6.45, 7) is 0. The second-order valence-electron chi connectivity index (χ2n) is 5.10. The third kappa shape index (κ3) is 1.91. The number of aromatic amines is 1. The number of hydrogen-bond acceptors (Lipinski definition) is 3. The second-order valence-corrected chi connectivity index (χ2v) is 5.90. The van der Waals surface area contributed by atoms with Gasteiger partial charge in [-0.1, -0.05) is 6.07 Å². The molecule has 1 aliphatic rings. The maximum atomic E-state index is 11.7. The molecule has 2 heterocycles. The molecule has 0 unspecified atom stereocenters. The van der Waals surface area contributed by atoms with Gasteiger partial charge >= 0.3 is 0 Å². The van der Waals surface area contributed by atoms with Gasteiger partial charge in [-0.25, -0.2) is 0 Å². The molecule has 0 bridgehead atoms. The van der Waals surface area contributed by atoms with Crippen molar-refractivity contribution in [3.05, 3.63) is 28.2 Å². The number of amides is 1. The Morgan fingerprint density at radius 1 is 1.40 bits per heavy atom. The van der Waals surface area contributed by atoms with Crippen molar-refractivity contribution in [2.75, 3.05) is 30.9 Å². The van der Waals surface area contributed by atoms with E-state index in [-0.39, 0.29) is 5.91 Å². The summed E-state index contributed by atoms with van der Waals surface area (Å²) in [7, 11) is 5.70. The SMILES string of the molecule is CN(C)c1n[nH]c(-c2ccc3c(c2)CC(=O)N3C)c1Br. The molecule has 0 atom stereocenters. The Labute approximate surface area is 125 Å². The van der Waals surface area contributed by atoms with Gasteiger partial charge in [0, 0.05) is 32.4 Å². The molecule has 20 heavy (non-hydrogen) atoms. The monoisotopic (exact) mass is 334 g/mol. The van der Waals surface area contributed by atoms with E-state index in [1.54, 1.807) is 4.90 Å². The number of likely N-dealkylation sites (N-methyl/N-ethyl adjacent to an activating group) is 1. The van der Waals surface area contributed by atoms with E-state index in [0.717, 1.165) is 32.8 Å². The molecule has 1 amide bonds. The first-order valence-electron chi connectivity index (χ1n) is 6.30. The lowest BCUT2D eigenvalue weighted by Crippen LogP contribution is -2.20. The molecule has 1 aliphatic heterocycles. The van der Waals surface area contributed by atoms with Gasteiger partial charge in [0.25, 0.3) is 0 Å². The summed E-state index contributed by atoms with van der Waals surface area (Å²) >= 11 is 3.58. The van der Waals surface area contributed by atoms with Crippen molar-refractivity contribution in [2.45, 2.75) is 6.42 Å². The Bertz CT molecular complexity index is 692. The van der Waals surface area contributed by atoms with Crippen LogP contribution in [-0.4, -0.2) is 37.2 Å². The van der Waals surface area contributed by atoms with Crippen LogP contribution >= 0.6 is 15.9 Å². The molecule has 0 saturated heterocycles. The van der Waals surface area contributed by atoms with Crippen molar-refractivity contribution in [1.29, 1.82) is 0 Å². The number of anilines is 2. The standard InChI is InChI=1S/C14H15BrN4O/c1-18(2)14-12(15)13(16-17-14)8-4-5-10-9(6-8)7-11(20)19(10)3/h4-6H,7H2,1-3H3,(H,16,17). The molecule has 3 rings (SSSR count). The number of carbonyl (C=O) groups is 1. The van der Waals surface area contributed by atoms with Crippen molar-refractivity contribution in [2.24, 2.45) is 0 Å². The minimum atomic E-state index is 0.134. The van der Waals surface area contributed by atoms with Crippen molar-refractivity contribution < 1.29 is 4.79 Å². The minimum Gasteiger partial charge on any atom is -0.360 e. The maximum Gasteiger partial charge on any atom is 0.231 e. The second kappa shape index (κ2) is 4.63. The van der Waals surface area contributed by atoms with Gasteiger partial charge in [0.1, 0.15) is 0 Å². The average molecular weight is 335 g/mol. The van der Waals surface area contributed by atoms with Crippen LogP contribution in [0.5, 0.6) is 0 Å². The van der Waals surface area contributed by atoms with Crippen molar-refractivity contribution >= 4 is 33.3 Å². The molecule has 1 aromatic heterocycles. The van der Waals surface area contributed by atoms with E-state index in [1.807, 2.05) is 38.2 Å². The quantitative estimate of drug-likeness (QED) is 0.917. The number of carbonyl (C=O) groups excluding carboxylic acids is 1. The number of nitrogens with one attached hydrogen (secondary N) is 1. The first kappa shape index (κ1) is 13.2. The predicted molar refractivity (Wildman–Crippen MR) is 83.2 cm³/mol. The van der Waals surface area contributed by atoms with Gasteiger partial charge in [-0.15, -0.1) is 0 Å². The molecule has 5 nitrogen and oxygen atoms in total. The summed E-state index contributed by atoms with van der Waals surface area (Å²) in [5.41, 5.74) is 4.00. The summed E-state index contributed by atoms with van der Waals surface area (Å²) in [6.07, 6.45) is 0.464.